The van der Waals surface area contributed by atoms with Gasteiger partial charge in [-0.25, -0.2) is 8.42 Å². The van der Waals surface area contributed by atoms with Gasteiger partial charge in [-0.1, -0.05) is 44.2 Å². The predicted octanol–water partition coefficient (Wildman–Crippen LogP) is 2.89. The first kappa shape index (κ1) is 19.1. The zero-order valence-corrected chi connectivity index (χ0v) is 15.6. The first-order valence-electron chi connectivity index (χ1n) is 8.19. The van der Waals surface area contributed by atoms with E-state index in [1.807, 2.05) is 44.2 Å². The molecule has 5 nitrogen and oxygen atoms in total. The van der Waals surface area contributed by atoms with Crippen molar-refractivity contribution in [3.05, 3.63) is 65.7 Å². The summed E-state index contributed by atoms with van der Waals surface area (Å²) in [5.41, 5.74) is 1.36. The van der Waals surface area contributed by atoms with Gasteiger partial charge in [-0.05, 0) is 35.7 Å². The van der Waals surface area contributed by atoms with Crippen molar-refractivity contribution in [2.45, 2.75) is 25.3 Å². The molecule has 0 aliphatic carbocycles. The lowest BCUT2D eigenvalue weighted by atomic mass is 10.2. The molecule has 0 spiro atoms. The number of nitrogens with one attached hydrogen (secondary N) is 1. The number of rotatable bonds is 7. The molecule has 134 valence electrons. The second-order valence-electron chi connectivity index (χ2n) is 6.37. The quantitative estimate of drug-likeness (QED) is 0.826. The van der Waals surface area contributed by atoms with Crippen molar-refractivity contribution in [2.75, 3.05) is 13.6 Å². The molecule has 0 aromatic heterocycles. The Kier molecular flexibility index (Phi) is 6.33. The molecule has 0 saturated carbocycles. The lowest BCUT2D eigenvalue weighted by Crippen LogP contribution is -2.28. The smallest absolute Gasteiger partial charge is 0.251 e. The Balaban J connectivity index is 2.10. The first-order valence-corrected chi connectivity index (χ1v) is 9.63. The van der Waals surface area contributed by atoms with E-state index in [-0.39, 0.29) is 10.8 Å². The molecule has 1 amide bonds. The van der Waals surface area contributed by atoms with Crippen molar-refractivity contribution in [2.24, 2.45) is 5.92 Å². The zero-order valence-electron chi connectivity index (χ0n) is 14.8. The van der Waals surface area contributed by atoms with Gasteiger partial charge in [0.2, 0.25) is 10.0 Å². The standard InChI is InChI=1S/C19H24N2O3S/c1-15(2)13-20-19(22)17-9-11-18(12-10-17)25(23,24)21(3)14-16-7-5-4-6-8-16/h4-12,15H,13-14H2,1-3H3,(H,20,22). The van der Waals surface area contributed by atoms with E-state index in [0.29, 0.717) is 24.6 Å². The molecule has 0 atom stereocenters. The van der Waals surface area contributed by atoms with Crippen LogP contribution in [-0.2, 0) is 16.6 Å². The molecular weight excluding hydrogens is 336 g/mol. The molecule has 0 radical (unpaired) electrons. The molecule has 0 saturated heterocycles. The zero-order chi connectivity index (χ0) is 18.4. The predicted molar refractivity (Wildman–Crippen MR) is 98.7 cm³/mol. The normalized spacial score (nSPS) is 11.7. The number of sulfonamides is 1. The van der Waals surface area contributed by atoms with E-state index in [2.05, 4.69) is 5.32 Å². The highest BCUT2D eigenvalue weighted by Crippen LogP contribution is 2.17. The van der Waals surface area contributed by atoms with E-state index in [0.717, 1.165) is 5.56 Å². The summed E-state index contributed by atoms with van der Waals surface area (Å²) in [6, 6.07) is 15.4. The highest BCUT2D eigenvalue weighted by Gasteiger charge is 2.21. The number of carbonyl (C=O) groups excluding carboxylic acids is 1. The minimum Gasteiger partial charge on any atom is -0.352 e. The van der Waals surface area contributed by atoms with Gasteiger partial charge in [0, 0.05) is 25.7 Å². The number of benzene rings is 2. The average Bonchev–Trinajstić information content (AvgIpc) is 2.60. The number of hydrogen-bond donors (Lipinski definition) is 1. The molecule has 2 aromatic rings. The first-order chi connectivity index (χ1) is 11.8. The second-order valence-corrected chi connectivity index (χ2v) is 8.42. The largest absolute Gasteiger partial charge is 0.352 e. The fraction of sp³-hybridized carbons (Fsp3) is 0.316. The van der Waals surface area contributed by atoms with Gasteiger partial charge in [0.15, 0.2) is 0 Å². The molecule has 0 fully saturated rings. The molecule has 0 aliphatic heterocycles. The maximum atomic E-state index is 12.7. The Bertz CT molecular complexity index is 800. The Morgan fingerprint density at radius 3 is 2.20 bits per heavy atom. The molecule has 0 heterocycles. The maximum absolute atomic E-state index is 12.7. The van der Waals surface area contributed by atoms with Crippen LogP contribution in [0.15, 0.2) is 59.5 Å². The van der Waals surface area contributed by atoms with Gasteiger partial charge >= 0.3 is 0 Å². The van der Waals surface area contributed by atoms with Crippen LogP contribution in [-0.4, -0.2) is 32.2 Å². The van der Waals surface area contributed by atoms with Crippen molar-refractivity contribution in [1.82, 2.24) is 9.62 Å². The van der Waals surface area contributed by atoms with Gasteiger partial charge in [0.05, 0.1) is 4.90 Å². The Hall–Kier alpha value is -2.18. The lowest BCUT2D eigenvalue weighted by Gasteiger charge is -2.17. The minimum absolute atomic E-state index is 0.173. The molecule has 0 bridgehead atoms. The maximum Gasteiger partial charge on any atom is 0.251 e. The third-order valence-corrected chi connectivity index (χ3v) is 5.56. The topological polar surface area (TPSA) is 66.5 Å². The molecule has 25 heavy (non-hydrogen) atoms. The van der Waals surface area contributed by atoms with E-state index in [1.165, 1.54) is 16.4 Å². The number of hydrogen-bond acceptors (Lipinski definition) is 3. The van der Waals surface area contributed by atoms with Crippen LogP contribution in [0.4, 0.5) is 0 Å². The van der Waals surface area contributed by atoms with Crippen LogP contribution in [0.2, 0.25) is 0 Å². The fourth-order valence-corrected chi connectivity index (χ4v) is 3.44. The van der Waals surface area contributed by atoms with Crippen molar-refractivity contribution < 1.29 is 13.2 Å². The lowest BCUT2D eigenvalue weighted by molar-refractivity contribution is 0.0949. The van der Waals surface area contributed by atoms with Crippen LogP contribution >= 0.6 is 0 Å². The monoisotopic (exact) mass is 360 g/mol. The highest BCUT2D eigenvalue weighted by molar-refractivity contribution is 7.89. The molecule has 1 N–H and O–H groups in total. The third kappa shape index (κ3) is 5.14. The van der Waals surface area contributed by atoms with Crippen LogP contribution in [0.25, 0.3) is 0 Å². The van der Waals surface area contributed by atoms with Crippen LogP contribution in [0.1, 0.15) is 29.8 Å². The van der Waals surface area contributed by atoms with Crippen molar-refractivity contribution in [3.63, 3.8) is 0 Å². The number of carbonyl (C=O) groups is 1. The van der Waals surface area contributed by atoms with E-state index in [4.69, 9.17) is 0 Å². The number of amides is 1. The van der Waals surface area contributed by atoms with Gasteiger partial charge in [0.25, 0.3) is 5.91 Å². The number of nitrogens with zero attached hydrogens (tertiary/aromatic N) is 1. The van der Waals surface area contributed by atoms with Crippen LogP contribution in [0.3, 0.4) is 0 Å². The summed E-state index contributed by atoms with van der Waals surface area (Å²) in [4.78, 5) is 12.2. The fourth-order valence-electron chi connectivity index (χ4n) is 2.28. The Labute approximate surface area is 149 Å². The molecular formula is C19H24N2O3S. The molecule has 2 aromatic carbocycles. The highest BCUT2D eigenvalue weighted by atomic mass is 32.2. The van der Waals surface area contributed by atoms with Crippen LogP contribution < -0.4 is 5.32 Å². The summed E-state index contributed by atoms with van der Waals surface area (Å²) in [6.45, 7) is 4.90. The van der Waals surface area contributed by atoms with Crippen molar-refractivity contribution in [1.29, 1.82) is 0 Å². The van der Waals surface area contributed by atoms with Crippen LogP contribution in [0.5, 0.6) is 0 Å². The van der Waals surface area contributed by atoms with Crippen LogP contribution in [0, 0.1) is 5.92 Å². The van der Waals surface area contributed by atoms with Gasteiger partial charge in [-0.15, -0.1) is 0 Å². The Morgan fingerprint density at radius 1 is 1.04 bits per heavy atom. The SMILES string of the molecule is CC(C)CNC(=O)c1ccc(S(=O)(=O)N(C)Cc2ccccc2)cc1. The van der Waals surface area contributed by atoms with E-state index in [9.17, 15) is 13.2 Å². The van der Waals surface area contributed by atoms with Gasteiger partial charge in [0.1, 0.15) is 0 Å². The van der Waals surface area contributed by atoms with Crippen molar-refractivity contribution in [3.8, 4) is 0 Å². The van der Waals surface area contributed by atoms with E-state index >= 15 is 0 Å². The second kappa shape index (κ2) is 8.27. The minimum atomic E-state index is -3.60. The van der Waals surface area contributed by atoms with Gasteiger partial charge < -0.3 is 5.32 Å². The summed E-state index contributed by atoms with van der Waals surface area (Å²) in [7, 11) is -2.06. The van der Waals surface area contributed by atoms with Crippen molar-refractivity contribution >= 4 is 15.9 Å². The molecule has 0 unspecified atom stereocenters. The molecule has 0 aliphatic rings. The average molecular weight is 360 g/mol. The summed E-state index contributed by atoms with van der Waals surface area (Å²) in [6.07, 6.45) is 0. The summed E-state index contributed by atoms with van der Waals surface area (Å²) in [5, 5.41) is 2.81. The molecule has 6 heteroatoms. The molecule has 2 rings (SSSR count). The summed E-state index contributed by atoms with van der Waals surface area (Å²) < 4.78 is 26.6. The third-order valence-electron chi connectivity index (χ3n) is 3.74. The summed E-state index contributed by atoms with van der Waals surface area (Å²) in [5.74, 6) is 0.158. The summed E-state index contributed by atoms with van der Waals surface area (Å²) >= 11 is 0. The van der Waals surface area contributed by atoms with E-state index < -0.39 is 10.0 Å². The van der Waals surface area contributed by atoms with Gasteiger partial charge in [-0.2, -0.15) is 4.31 Å². The van der Waals surface area contributed by atoms with E-state index in [1.54, 1.807) is 19.2 Å². The van der Waals surface area contributed by atoms with Gasteiger partial charge in [-0.3, -0.25) is 4.79 Å². The Morgan fingerprint density at radius 2 is 1.64 bits per heavy atom.